The minimum absolute atomic E-state index is 0.142. The van der Waals surface area contributed by atoms with Gasteiger partial charge in [-0.2, -0.15) is 0 Å². The molecule has 0 bridgehead atoms. The van der Waals surface area contributed by atoms with Crippen molar-refractivity contribution in [2.45, 2.75) is 19.4 Å². The van der Waals surface area contributed by atoms with Crippen LogP contribution in [0.2, 0.25) is 0 Å². The zero-order valence-corrected chi connectivity index (χ0v) is 9.56. The van der Waals surface area contributed by atoms with Crippen LogP contribution in [0, 0.1) is 0 Å². The maximum Gasteiger partial charge on any atom is 0.132 e. The molecule has 0 amide bonds. The molecule has 1 aromatic rings. The molecule has 0 aliphatic carbocycles. The lowest BCUT2D eigenvalue weighted by Gasteiger charge is -2.15. The molecule has 0 unspecified atom stereocenters. The minimum atomic E-state index is -0.399. The van der Waals surface area contributed by atoms with Crippen molar-refractivity contribution in [3.05, 3.63) is 11.9 Å². The van der Waals surface area contributed by atoms with E-state index in [4.69, 9.17) is 10.2 Å². The Morgan fingerprint density at radius 1 is 1.25 bits per heavy atom. The Kier molecular flexibility index (Phi) is 4.94. The monoisotopic (exact) mass is 226 g/mol. The van der Waals surface area contributed by atoms with Crippen LogP contribution < -0.4 is 10.6 Å². The number of rotatable bonds is 6. The van der Waals surface area contributed by atoms with Crippen LogP contribution in [0.15, 0.2) is 6.07 Å². The molecule has 1 heterocycles. The smallest absolute Gasteiger partial charge is 0.132 e. The highest BCUT2D eigenvalue weighted by Gasteiger charge is 2.08. The molecule has 0 saturated carbocycles. The Morgan fingerprint density at radius 2 is 1.88 bits per heavy atom. The summed E-state index contributed by atoms with van der Waals surface area (Å²) in [4.78, 5) is 8.49. The van der Waals surface area contributed by atoms with Gasteiger partial charge in [0, 0.05) is 19.5 Å². The van der Waals surface area contributed by atoms with Gasteiger partial charge in [-0.05, 0) is 0 Å². The Bertz CT molecular complexity index is 306. The van der Waals surface area contributed by atoms with Crippen LogP contribution in [-0.2, 0) is 6.42 Å². The van der Waals surface area contributed by atoms with E-state index in [0.29, 0.717) is 17.5 Å². The van der Waals surface area contributed by atoms with Crippen LogP contribution in [0.3, 0.4) is 0 Å². The Labute approximate surface area is 94.7 Å². The predicted molar refractivity (Wildman–Crippen MR) is 62.5 cm³/mol. The van der Waals surface area contributed by atoms with Gasteiger partial charge in [0.2, 0.25) is 0 Å². The zero-order chi connectivity index (χ0) is 12.0. The third-order valence-electron chi connectivity index (χ3n) is 2.14. The average Bonchev–Trinajstić information content (AvgIpc) is 2.35. The number of aryl methyl sites for hydroxylation is 1. The number of aliphatic hydroxyl groups is 2. The first kappa shape index (κ1) is 12.7. The van der Waals surface area contributed by atoms with Gasteiger partial charge >= 0.3 is 0 Å². The van der Waals surface area contributed by atoms with Crippen LogP contribution in [0.1, 0.15) is 12.7 Å². The van der Waals surface area contributed by atoms with E-state index in [1.54, 1.807) is 13.1 Å². The fourth-order valence-corrected chi connectivity index (χ4v) is 1.22. The number of hydrogen-bond acceptors (Lipinski definition) is 6. The Hall–Kier alpha value is -1.40. The lowest BCUT2D eigenvalue weighted by atomic mass is 10.3. The van der Waals surface area contributed by atoms with Crippen molar-refractivity contribution in [2.75, 3.05) is 30.9 Å². The van der Waals surface area contributed by atoms with Gasteiger partial charge in [0.05, 0.1) is 19.3 Å². The number of hydrogen-bond donors (Lipinski definition) is 4. The van der Waals surface area contributed by atoms with E-state index in [9.17, 15) is 0 Å². The molecule has 0 atom stereocenters. The van der Waals surface area contributed by atoms with E-state index in [1.807, 2.05) is 6.92 Å². The van der Waals surface area contributed by atoms with E-state index in [1.165, 1.54) is 0 Å². The second-order valence-corrected chi connectivity index (χ2v) is 3.36. The molecule has 0 aromatic carbocycles. The number of nitrogens with one attached hydrogen (secondary N) is 2. The van der Waals surface area contributed by atoms with Crippen molar-refractivity contribution < 1.29 is 10.2 Å². The summed E-state index contributed by atoms with van der Waals surface area (Å²) in [5.41, 5.74) is 0. The number of aromatic nitrogens is 2. The van der Waals surface area contributed by atoms with E-state index >= 15 is 0 Å². The van der Waals surface area contributed by atoms with Crippen LogP contribution in [0.4, 0.5) is 11.6 Å². The lowest BCUT2D eigenvalue weighted by Crippen LogP contribution is -2.28. The van der Waals surface area contributed by atoms with E-state index < -0.39 is 6.04 Å². The third-order valence-corrected chi connectivity index (χ3v) is 2.14. The number of anilines is 2. The van der Waals surface area contributed by atoms with Gasteiger partial charge in [-0.15, -0.1) is 0 Å². The van der Waals surface area contributed by atoms with E-state index in [2.05, 4.69) is 20.6 Å². The molecule has 0 spiro atoms. The van der Waals surface area contributed by atoms with Crippen molar-refractivity contribution in [2.24, 2.45) is 0 Å². The molecule has 1 rings (SSSR count). The van der Waals surface area contributed by atoms with E-state index in [0.717, 1.165) is 6.42 Å². The van der Waals surface area contributed by atoms with Crippen molar-refractivity contribution in [1.29, 1.82) is 0 Å². The van der Waals surface area contributed by atoms with Gasteiger partial charge in [0.25, 0.3) is 0 Å². The second kappa shape index (κ2) is 6.24. The highest BCUT2D eigenvalue weighted by molar-refractivity contribution is 5.47. The first-order valence-corrected chi connectivity index (χ1v) is 5.27. The van der Waals surface area contributed by atoms with Gasteiger partial charge in [0.1, 0.15) is 17.5 Å². The summed E-state index contributed by atoms with van der Waals surface area (Å²) in [5.74, 6) is 2.03. The molecule has 0 aliphatic rings. The second-order valence-electron chi connectivity index (χ2n) is 3.36. The quantitative estimate of drug-likeness (QED) is 0.539. The SMILES string of the molecule is CCc1nc(NC)cc(NC(CO)CO)n1. The van der Waals surface area contributed by atoms with Gasteiger partial charge in [0.15, 0.2) is 0 Å². The van der Waals surface area contributed by atoms with Crippen molar-refractivity contribution >= 4 is 11.6 Å². The van der Waals surface area contributed by atoms with Crippen LogP contribution in [0.5, 0.6) is 0 Å². The predicted octanol–water partition coefficient (Wildman–Crippen LogP) is -0.154. The molecular weight excluding hydrogens is 208 g/mol. The van der Waals surface area contributed by atoms with Crippen LogP contribution in [-0.4, -0.2) is 46.5 Å². The van der Waals surface area contributed by atoms with Crippen LogP contribution in [0.25, 0.3) is 0 Å². The molecular formula is C10H18N4O2. The van der Waals surface area contributed by atoms with Crippen molar-refractivity contribution in [3.63, 3.8) is 0 Å². The number of aliphatic hydroxyl groups excluding tert-OH is 2. The van der Waals surface area contributed by atoms with Gasteiger partial charge < -0.3 is 20.8 Å². The fraction of sp³-hybridized carbons (Fsp3) is 0.600. The summed E-state index contributed by atoms with van der Waals surface area (Å²) in [5, 5.41) is 23.8. The molecule has 6 nitrogen and oxygen atoms in total. The standard InChI is InChI=1S/C10H18N4O2/c1-3-8-13-9(11-2)4-10(14-8)12-7(5-15)6-16/h4,7,15-16H,3,5-6H2,1-2H3,(H2,11,12,13,14). The maximum absolute atomic E-state index is 8.96. The Balaban J connectivity index is 2.85. The van der Waals surface area contributed by atoms with E-state index in [-0.39, 0.29) is 13.2 Å². The minimum Gasteiger partial charge on any atom is -0.394 e. The molecule has 90 valence electrons. The van der Waals surface area contributed by atoms with Gasteiger partial charge in [-0.1, -0.05) is 6.92 Å². The molecule has 1 aromatic heterocycles. The molecule has 6 heteroatoms. The summed E-state index contributed by atoms with van der Waals surface area (Å²) in [6.45, 7) is 1.68. The third kappa shape index (κ3) is 3.32. The largest absolute Gasteiger partial charge is 0.394 e. The molecule has 0 aliphatic heterocycles. The highest BCUT2D eigenvalue weighted by atomic mass is 16.3. The fourth-order valence-electron chi connectivity index (χ4n) is 1.22. The normalized spacial score (nSPS) is 10.6. The van der Waals surface area contributed by atoms with Crippen molar-refractivity contribution in [3.8, 4) is 0 Å². The maximum atomic E-state index is 8.96. The summed E-state index contributed by atoms with van der Waals surface area (Å²) < 4.78 is 0. The van der Waals surface area contributed by atoms with Crippen LogP contribution >= 0.6 is 0 Å². The molecule has 0 radical (unpaired) electrons. The Morgan fingerprint density at radius 3 is 2.38 bits per heavy atom. The lowest BCUT2D eigenvalue weighted by molar-refractivity contribution is 0.203. The van der Waals surface area contributed by atoms with Gasteiger partial charge in [-0.3, -0.25) is 0 Å². The summed E-state index contributed by atoms with van der Waals surface area (Å²) in [6, 6.07) is 1.33. The zero-order valence-electron chi connectivity index (χ0n) is 9.56. The first-order valence-electron chi connectivity index (χ1n) is 5.27. The first-order chi connectivity index (χ1) is 7.73. The average molecular weight is 226 g/mol. The summed E-state index contributed by atoms with van der Waals surface area (Å²) in [6.07, 6.45) is 0.729. The summed E-state index contributed by atoms with van der Waals surface area (Å²) >= 11 is 0. The highest BCUT2D eigenvalue weighted by Crippen LogP contribution is 2.12. The molecule has 0 saturated heterocycles. The van der Waals surface area contributed by atoms with Gasteiger partial charge in [-0.25, -0.2) is 9.97 Å². The molecule has 0 fully saturated rings. The summed E-state index contributed by atoms with van der Waals surface area (Å²) in [7, 11) is 1.78. The number of nitrogens with zero attached hydrogens (tertiary/aromatic N) is 2. The van der Waals surface area contributed by atoms with Crippen molar-refractivity contribution in [1.82, 2.24) is 9.97 Å². The topological polar surface area (TPSA) is 90.3 Å². The molecule has 16 heavy (non-hydrogen) atoms. The molecule has 4 N–H and O–H groups in total.